The van der Waals surface area contributed by atoms with Gasteiger partial charge in [-0.3, -0.25) is 4.99 Å². The minimum atomic E-state index is -0.233. The molecule has 1 aromatic heterocycles. The molecule has 1 aromatic carbocycles. The molecule has 0 amide bonds. The van der Waals surface area contributed by atoms with Crippen molar-refractivity contribution in [1.82, 2.24) is 20.2 Å². The molecule has 0 unspecified atom stereocenters. The van der Waals surface area contributed by atoms with E-state index in [9.17, 15) is 4.39 Å². The van der Waals surface area contributed by atoms with Crippen LogP contribution in [0.2, 0.25) is 0 Å². The van der Waals surface area contributed by atoms with Crippen LogP contribution in [-0.2, 0) is 6.54 Å². The van der Waals surface area contributed by atoms with E-state index in [0.29, 0.717) is 12.1 Å². The number of nitrogens with one attached hydrogen (secondary N) is 1. The zero-order valence-electron chi connectivity index (χ0n) is 14.0. The zero-order valence-corrected chi connectivity index (χ0v) is 15.6. The van der Waals surface area contributed by atoms with Crippen LogP contribution in [0.15, 0.2) is 46.1 Å². The third kappa shape index (κ3) is 4.45. The normalized spacial score (nSPS) is 15.4. The Kier molecular flexibility index (Phi) is 5.80. The number of aliphatic imine (C=N–C) groups is 1. The first-order valence-electron chi connectivity index (χ1n) is 8.09. The second kappa shape index (κ2) is 8.24. The Bertz CT molecular complexity index is 731. The van der Waals surface area contributed by atoms with Gasteiger partial charge in [-0.15, -0.1) is 0 Å². The fourth-order valence-electron chi connectivity index (χ4n) is 2.74. The molecule has 1 aliphatic heterocycles. The van der Waals surface area contributed by atoms with E-state index in [1.54, 1.807) is 25.5 Å². The van der Waals surface area contributed by atoms with Gasteiger partial charge in [0.25, 0.3) is 0 Å². The number of guanidine groups is 1. The van der Waals surface area contributed by atoms with Crippen molar-refractivity contribution in [3.05, 3.63) is 52.5 Å². The lowest BCUT2D eigenvalue weighted by Crippen LogP contribution is -2.52. The van der Waals surface area contributed by atoms with Gasteiger partial charge < -0.3 is 15.1 Å². The lowest BCUT2D eigenvalue weighted by Gasteiger charge is -2.36. The van der Waals surface area contributed by atoms with E-state index >= 15 is 0 Å². The summed E-state index contributed by atoms with van der Waals surface area (Å²) in [4.78, 5) is 17.2. The number of piperazine rings is 1. The molecule has 0 spiro atoms. The highest BCUT2D eigenvalue weighted by atomic mass is 79.9. The molecule has 25 heavy (non-hydrogen) atoms. The molecule has 1 saturated heterocycles. The molecule has 6 nitrogen and oxygen atoms in total. The van der Waals surface area contributed by atoms with Crippen LogP contribution in [0, 0.1) is 5.82 Å². The minimum Gasteiger partial charge on any atom is -0.352 e. The summed E-state index contributed by atoms with van der Waals surface area (Å²) in [6.45, 7) is 3.64. The first kappa shape index (κ1) is 17.6. The highest BCUT2D eigenvalue weighted by molar-refractivity contribution is 9.10. The molecule has 0 saturated carbocycles. The van der Waals surface area contributed by atoms with Crippen LogP contribution in [-0.4, -0.2) is 54.1 Å². The van der Waals surface area contributed by atoms with Crippen molar-refractivity contribution in [2.75, 3.05) is 38.1 Å². The van der Waals surface area contributed by atoms with E-state index in [2.05, 4.69) is 46.0 Å². The first-order valence-corrected chi connectivity index (χ1v) is 8.88. The Labute approximate surface area is 154 Å². The van der Waals surface area contributed by atoms with E-state index in [4.69, 9.17) is 0 Å². The van der Waals surface area contributed by atoms with E-state index in [1.165, 1.54) is 6.07 Å². The summed E-state index contributed by atoms with van der Waals surface area (Å²) < 4.78 is 14.7. The average molecular weight is 407 g/mol. The van der Waals surface area contributed by atoms with Crippen molar-refractivity contribution in [2.45, 2.75) is 6.54 Å². The number of halogens is 2. The van der Waals surface area contributed by atoms with Crippen molar-refractivity contribution in [3.8, 4) is 0 Å². The summed E-state index contributed by atoms with van der Waals surface area (Å²) in [6, 6.07) is 6.89. The third-order valence-corrected chi connectivity index (χ3v) is 4.57. The van der Waals surface area contributed by atoms with Crippen LogP contribution < -0.4 is 10.2 Å². The van der Waals surface area contributed by atoms with Crippen LogP contribution in [0.3, 0.4) is 0 Å². The van der Waals surface area contributed by atoms with Crippen LogP contribution in [0.1, 0.15) is 5.56 Å². The molecule has 0 atom stereocenters. The predicted octanol–water partition coefficient (Wildman–Crippen LogP) is 2.28. The van der Waals surface area contributed by atoms with Gasteiger partial charge in [0.1, 0.15) is 5.82 Å². The molecule has 0 bridgehead atoms. The van der Waals surface area contributed by atoms with Gasteiger partial charge in [0.2, 0.25) is 5.95 Å². The highest BCUT2D eigenvalue weighted by Gasteiger charge is 2.21. The molecule has 2 aromatic rings. The lowest BCUT2D eigenvalue weighted by atomic mass is 10.2. The Morgan fingerprint density at radius 3 is 2.60 bits per heavy atom. The maximum Gasteiger partial charge on any atom is 0.225 e. The van der Waals surface area contributed by atoms with Gasteiger partial charge in [-0.2, -0.15) is 0 Å². The molecule has 0 radical (unpaired) electrons. The quantitative estimate of drug-likeness (QED) is 0.625. The van der Waals surface area contributed by atoms with Crippen molar-refractivity contribution in [1.29, 1.82) is 0 Å². The van der Waals surface area contributed by atoms with Gasteiger partial charge in [-0.25, -0.2) is 14.4 Å². The highest BCUT2D eigenvalue weighted by Crippen LogP contribution is 2.15. The molecule has 3 rings (SSSR count). The Balaban J connectivity index is 1.56. The number of rotatable bonds is 3. The summed E-state index contributed by atoms with van der Waals surface area (Å²) in [7, 11) is 1.74. The van der Waals surface area contributed by atoms with Crippen LogP contribution in [0.4, 0.5) is 10.3 Å². The molecule has 1 aliphatic rings. The molecular formula is C17H20BrFN6. The van der Waals surface area contributed by atoms with Gasteiger partial charge >= 0.3 is 0 Å². The molecular weight excluding hydrogens is 387 g/mol. The molecule has 1 fully saturated rings. The number of hydrogen-bond donors (Lipinski definition) is 1. The second-order valence-electron chi connectivity index (χ2n) is 5.66. The van der Waals surface area contributed by atoms with Gasteiger partial charge in [-0.1, -0.05) is 22.0 Å². The fraction of sp³-hybridized carbons (Fsp3) is 0.353. The van der Waals surface area contributed by atoms with Crippen LogP contribution in [0.25, 0.3) is 0 Å². The molecule has 1 N–H and O–H groups in total. The molecule has 2 heterocycles. The number of anilines is 1. The van der Waals surface area contributed by atoms with Crippen molar-refractivity contribution >= 4 is 27.8 Å². The van der Waals surface area contributed by atoms with E-state index in [0.717, 1.165) is 42.6 Å². The van der Waals surface area contributed by atoms with E-state index in [1.807, 2.05) is 12.1 Å². The van der Waals surface area contributed by atoms with Gasteiger partial charge in [0.05, 0.1) is 0 Å². The standard InChI is InChI=1S/C17H20BrFN6/c1-20-16(23-12-13-3-4-14(18)11-15(13)19)24-7-9-25(10-8-24)17-21-5-2-6-22-17/h2-6,11H,7-10,12H2,1H3,(H,20,23). The van der Waals surface area contributed by atoms with E-state index < -0.39 is 0 Å². The molecule has 8 heteroatoms. The number of hydrogen-bond acceptors (Lipinski definition) is 4. The minimum absolute atomic E-state index is 0.233. The zero-order chi connectivity index (χ0) is 17.6. The average Bonchev–Trinajstić information content (AvgIpc) is 2.65. The summed E-state index contributed by atoms with van der Waals surface area (Å²) in [5.41, 5.74) is 0.612. The smallest absolute Gasteiger partial charge is 0.225 e. The Morgan fingerprint density at radius 1 is 1.24 bits per heavy atom. The van der Waals surface area contributed by atoms with E-state index in [-0.39, 0.29) is 5.82 Å². The molecule has 132 valence electrons. The van der Waals surface area contributed by atoms with Crippen LogP contribution in [0.5, 0.6) is 0 Å². The van der Waals surface area contributed by atoms with Crippen LogP contribution >= 0.6 is 15.9 Å². The summed E-state index contributed by atoms with van der Waals surface area (Å²) in [6.07, 6.45) is 3.50. The first-order chi connectivity index (χ1) is 12.2. The molecule has 0 aliphatic carbocycles. The third-order valence-electron chi connectivity index (χ3n) is 4.08. The monoisotopic (exact) mass is 406 g/mol. The number of aromatic nitrogens is 2. The Morgan fingerprint density at radius 2 is 1.96 bits per heavy atom. The Hall–Kier alpha value is -2.22. The fourth-order valence-corrected chi connectivity index (χ4v) is 3.08. The van der Waals surface area contributed by atoms with Gasteiger partial charge in [-0.05, 0) is 18.2 Å². The number of nitrogens with zero attached hydrogens (tertiary/aromatic N) is 5. The maximum atomic E-state index is 13.9. The SMILES string of the molecule is CN=C(NCc1ccc(Br)cc1F)N1CCN(c2ncccn2)CC1. The van der Waals surface area contributed by atoms with Crippen molar-refractivity contribution < 1.29 is 4.39 Å². The second-order valence-corrected chi connectivity index (χ2v) is 6.58. The summed E-state index contributed by atoms with van der Waals surface area (Å²) >= 11 is 3.27. The summed E-state index contributed by atoms with van der Waals surface area (Å²) in [5, 5.41) is 3.24. The van der Waals surface area contributed by atoms with Gasteiger partial charge in [0.15, 0.2) is 5.96 Å². The van der Waals surface area contributed by atoms with Crippen molar-refractivity contribution in [3.63, 3.8) is 0 Å². The van der Waals surface area contributed by atoms with Gasteiger partial charge in [0, 0.05) is 62.2 Å². The summed E-state index contributed by atoms with van der Waals surface area (Å²) in [5.74, 6) is 1.29. The lowest BCUT2D eigenvalue weighted by molar-refractivity contribution is 0.369. The maximum absolute atomic E-state index is 13.9. The van der Waals surface area contributed by atoms with Crippen molar-refractivity contribution in [2.24, 2.45) is 4.99 Å². The predicted molar refractivity (Wildman–Crippen MR) is 100 cm³/mol. The largest absolute Gasteiger partial charge is 0.352 e. The number of benzene rings is 1. The topological polar surface area (TPSA) is 56.7 Å².